The van der Waals surface area contributed by atoms with Gasteiger partial charge in [0.25, 0.3) is 5.91 Å². The number of rotatable bonds is 2. The topological polar surface area (TPSA) is 104 Å². The SMILES string of the molecule is CC1C=C(c2ccncc2)c2cc(C(=O)N=C(N)N)ccc2O1. The van der Waals surface area contributed by atoms with Crippen LogP contribution in [0.2, 0.25) is 0 Å². The number of pyridine rings is 1. The molecule has 0 saturated carbocycles. The second kappa shape index (κ2) is 5.92. The molecular weight excluding hydrogens is 292 g/mol. The van der Waals surface area contributed by atoms with Gasteiger partial charge in [-0.05, 0) is 54.5 Å². The van der Waals surface area contributed by atoms with E-state index >= 15 is 0 Å². The summed E-state index contributed by atoms with van der Waals surface area (Å²) in [6.07, 6.45) is 5.39. The minimum atomic E-state index is -0.486. The van der Waals surface area contributed by atoms with E-state index in [0.29, 0.717) is 11.3 Å². The number of fused-ring (bicyclic) bond motifs is 1. The third-order valence-corrected chi connectivity index (χ3v) is 3.45. The fourth-order valence-electron chi connectivity index (χ4n) is 2.50. The van der Waals surface area contributed by atoms with Crippen molar-refractivity contribution in [2.75, 3.05) is 0 Å². The van der Waals surface area contributed by atoms with Crippen molar-refractivity contribution in [3.05, 3.63) is 65.5 Å². The normalized spacial score (nSPS) is 15.9. The summed E-state index contributed by atoms with van der Waals surface area (Å²) in [5.74, 6) is -0.0314. The van der Waals surface area contributed by atoms with Crippen LogP contribution in [0.25, 0.3) is 5.57 Å². The molecule has 1 aromatic carbocycles. The van der Waals surface area contributed by atoms with Gasteiger partial charge in [-0.15, -0.1) is 0 Å². The molecule has 2 heterocycles. The quantitative estimate of drug-likeness (QED) is 0.649. The summed E-state index contributed by atoms with van der Waals surface area (Å²) < 4.78 is 5.81. The first-order valence-corrected chi connectivity index (χ1v) is 7.12. The Labute approximate surface area is 133 Å². The van der Waals surface area contributed by atoms with Gasteiger partial charge in [-0.25, -0.2) is 0 Å². The summed E-state index contributed by atoms with van der Waals surface area (Å²) in [5, 5.41) is 0. The zero-order valence-electron chi connectivity index (χ0n) is 12.6. The third-order valence-electron chi connectivity index (χ3n) is 3.45. The molecule has 6 heteroatoms. The van der Waals surface area contributed by atoms with Gasteiger partial charge < -0.3 is 16.2 Å². The monoisotopic (exact) mass is 308 g/mol. The van der Waals surface area contributed by atoms with E-state index in [1.54, 1.807) is 30.6 Å². The molecule has 1 aliphatic rings. The molecule has 1 aliphatic heterocycles. The average Bonchev–Trinajstić information content (AvgIpc) is 2.53. The van der Waals surface area contributed by atoms with Crippen LogP contribution in [0.4, 0.5) is 0 Å². The number of amides is 1. The number of carbonyl (C=O) groups excluding carboxylic acids is 1. The van der Waals surface area contributed by atoms with E-state index in [2.05, 4.69) is 9.98 Å². The van der Waals surface area contributed by atoms with E-state index in [0.717, 1.165) is 16.7 Å². The zero-order valence-corrected chi connectivity index (χ0v) is 12.6. The number of hydrogen-bond donors (Lipinski definition) is 2. The molecule has 1 unspecified atom stereocenters. The van der Waals surface area contributed by atoms with Crippen LogP contribution >= 0.6 is 0 Å². The first-order chi connectivity index (χ1) is 11.0. The number of nitrogens with two attached hydrogens (primary N) is 2. The molecule has 23 heavy (non-hydrogen) atoms. The molecule has 1 aromatic heterocycles. The van der Waals surface area contributed by atoms with Gasteiger partial charge in [0.1, 0.15) is 11.9 Å². The van der Waals surface area contributed by atoms with Gasteiger partial charge in [-0.2, -0.15) is 4.99 Å². The number of carbonyl (C=O) groups is 1. The molecular formula is C17H16N4O2. The highest BCUT2D eigenvalue weighted by molar-refractivity contribution is 6.03. The summed E-state index contributed by atoms with van der Waals surface area (Å²) in [4.78, 5) is 19.6. The largest absolute Gasteiger partial charge is 0.486 e. The fraction of sp³-hybridized carbons (Fsp3) is 0.118. The van der Waals surface area contributed by atoms with E-state index in [-0.39, 0.29) is 12.1 Å². The minimum absolute atomic E-state index is 0.0649. The number of guanidine groups is 1. The van der Waals surface area contributed by atoms with Crippen LogP contribution in [-0.2, 0) is 0 Å². The lowest BCUT2D eigenvalue weighted by Crippen LogP contribution is -2.24. The molecule has 3 rings (SSSR count). The van der Waals surface area contributed by atoms with E-state index in [9.17, 15) is 4.79 Å². The Balaban J connectivity index is 2.09. The Morgan fingerprint density at radius 1 is 1.22 bits per heavy atom. The van der Waals surface area contributed by atoms with Gasteiger partial charge in [0.15, 0.2) is 5.96 Å². The molecule has 0 saturated heterocycles. The lowest BCUT2D eigenvalue weighted by atomic mass is 9.93. The van der Waals surface area contributed by atoms with Crippen LogP contribution in [0.5, 0.6) is 5.75 Å². The van der Waals surface area contributed by atoms with E-state index < -0.39 is 5.91 Å². The van der Waals surface area contributed by atoms with Crippen molar-refractivity contribution in [1.29, 1.82) is 0 Å². The van der Waals surface area contributed by atoms with Gasteiger partial charge in [-0.3, -0.25) is 9.78 Å². The third kappa shape index (κ3) is 3.06. The Kier molecular flexibility index (Phi) is 3.80. The highest BCUT2D eigenvalue weighted by Gasteiger charge is 2.21. The summed E-state index contributed by atoms with van der Waals surface area (Å²) in [7, 11) is 0. The van der Waals surface area contributed by atoms with E-state index in [1.807, 2.05) is 25.1 Å². The highest BCUT2D eigenvalue weighted by Crippen LogP contribution is 2.36. The molecule has 0 radical (unpaired) electrons. The second-order valence-electron chi connectivity index (χ2n) is 5.19. The maximum atomic E-state index is 12.0. The number of hydrogen-bond acceptors (Lipinski definition) is 3. The molecule has 1 amide bonds. The van der Waals surface area contributed by atoms with Gasteiger partial charge in [0.05, 0.1) is 0 Å². The van der Waals surface area contributed by atoms with E-state index in [4.69, 9.17) is 16.2 Å². The second-order valence-corrected chi connectivity index (χ2v) is 5.19. The van der Waals surface area contributed by atoms with Crippen LogP contribution < -0.4 is 16.2 Å². The Bertz CT molecular complexity index is 809. The van der Waals surface area contributed by atoms with Crippen molar-refractivity contribution in [1.82, 2.24) is 4.98 Å². The van der Waals surface area contributed by atoms with Gasteiger partial charge in [0, 0.05) is 23.5 Å². The summed E-state index contributed by atoms with van der Waals surface area (Å²) in [5.41, 5.74) is 13.8. The van der Waals surface area contributed by atoms with Gasteiger partial charge >= 0.3 is 0 Å². The lowest BCUT2D eigenvalue weighted by Gasteiger charge is -2.24. The van der Waals surface area contributed by atoms with Crippen LogP contribution in [-0.4, -0.2) is 23.0 Å². The smallest absolute Gasteiger partial charge is 0.280 e. The summed E-state index contributed by atoms with van der Waals surface area (Å²) in [6, 6.07) is 8.98. The van der Waals surface area contributed by atoms with Crippen LogP contribution in [0.15, 0.2) is 53.8 Å². The highest BCUT2D eigenvalue weighted by atomic mass is 16.5. The number of nitrogens with zero attached hydrogens (tertiary/aromatic N) is 2. The number of aliphatic imine (C=N–C) groups is 1. The van der Waals surface area contributed by atoms with Crippen LogP contribution in [0, 0.1) is 0 Å². The Hall–Kier alpha value is -3.15. The molecule has 0 bridgehead atoms. The molecule has 0 spiro atoms. The van der Waals surface area contributed by atoms with Crippen LogP contribution in [0.1, 0.15) is 28.4 Å². The minimum Gasteiger partial charge on any atom is -0.486 e. The average molecular weight is 308 g/mol. The standard InChI is InChI=1S/C17H16N4O2/c1-10-8-13(11-4-6-20-7-5-11)14-9-12(2-3-15(14)23-10)16(22)21-17(18)19/h2-10H,1H3,(H4,18,19,21,22). The van der Waals surface area contributed by atoms with Crippen molar-refractivity contribution in [2.45, 2.75) is 13.0 Å². The molecule has 116 valence electrons. The Morgan fingerprint density at radius 2 is 1.96 bits per heavy atom. The van der Waals surface area contributed by atoms with Crippen molar-refractivity contribution in [3.63, 3.8) is 0 Å². The molecule has 1 atom stereocenters. The molecule has 0 fully saturated rings. The first kappa shape index (κ1) is 14.8. The maximum absolute atomic E-state index is 12.0. The summed E-state index contributed by atoms with van der Waals surface area (Å²) in [6.45, 7) is 1.96. The zero-order chi connectivity index (χ0) is 16.4. The number of aromatic nitrogens is 1. The molecule has 2 aromatic rings. The number of ether oxygens (including phenoxy) is 1. The summed E-state index contributed by atoms with van der Waals surface area (Å²) >= 11 is 0. The molecule has 6 nitrogen and oxygen atoms in total. The van der Waals surface area contributed by atoms with Crippen molar-refractivity contribution >= 4 is 17.4 Å². The Morgan fingerprint density at radius 3 is 2.65 bits per heavy atom. The van der Waals surface area contributed by atoms with Crippen LogP contribution in [0.3, 0.4) is 0 Å². The lowest BCUT2D eigenvalue weighted by molar-refractivity contribution is 0.100. The molecule has 4 N–H and O–H groups in total. The maximum Gasteiger partial charge on any atom is 0.280 e. The predicted molar refractivity (Wildman–Crippen MR) is 88.0 cm³/mol. The predicted octanol–water partition coefficient (Wildman–Crippen LogP) is 1.71. The van der Waals surface area contributed by atoms with Crippen molar-refractivity contribution in [3.8, 4) is 5.75 Å². The van der Waals surface area contributed by atoms with Gasteiger partial charge in [-0.1, -0.05) is 0 Å². The number of benzene rings is 1. The van der Waals surface area contributed by atoms with Crippen molar-refractivity contribution in [2.24, 2.45) is 16.5 Å². The molecule has 0 aliphatic carbocycles. The first-order valence-electron chi connectivity index (χ1n) is 7.12. The fourth-order valence-corrected chi connectivity index (χ4v) is 2.50. The van der Waals surface area contributed by atoms with E-state index in [1.165, 1.54) is 0 Å². The van der Waals surface area contributed by atoms with Crippen molar-refractivity contribution < 1.29 is 9.53 Å². The van der Waals surface area contributed by atoms with Gasteiger partial charge in [0.2, 0.25) is 0 Å².